The summed E-state index contributed by atoms with van der Waals surface area (Å²) in [5.41, 5.74) is 2.35. The smallest absolute Gasteiger partial charge is 0.226 e. The van der Waals surface area contributed by atoms with Crippen LogP contribution in [-0.4, -0.2) is 23.1 Å². The van der Waals surface area contributed by atoms with Crippen LogP contribution < -0.4 is 5.32 Å². The number of hydrogen-bond donors (Lipinski definition) is 1. The number of ether oxygens (including phenoxy) is 1. The lowest BCUT2D eigenvalue weighted by Crippen LogP contribution is -2.37. The fourth-order valence-corrected chi connectivity index (χ4v) is 4.19. The number of benzene rings is 1. The fraction of sp³-hybridized carbons (Fsp3) is 0.500. The van der Waals surface area contributed by atoms with Gasteiger partial charge in [-0.2, -0.15) is 0 Å². The Morgan fingerprint density at radius 2 is 2.16 bits per heavy atom. The summed E-state index contributed by atoms with van der Waals surface area (Å²) in [5.74, 6) is 0.669. The molecule has 0 aliphatic carbocycles. The summed E-state index contributed by atoms with van der Waals surface area (Å²) in [6, 6.07) is 8.59. The number of carbonyl (C=O) groups excluding carboxylic acids is 1. The van der Waals surface area contributed by atoms with E-state index in [0.29, 0.717) is 17.5 Å². The van der Waals surface area contributed by atoms with Gasteiger partial charge in [-0.3, -0.25) is 4.79 Å². The molecule has 1 aliphatic rings. The Hall–Kier alpha value is -1.72. The van der Waals surface area contributed by atoms with Crippen molar-refractivity contribution in [3.63, 3.8) is 0 Å². The van der Waals surface area contributed by atoms with Crippen LogP contribution in [0.25, 0.3) is 0 Å². The van der Waals surface area contributed by atoms with Gasteiger partial charge in [-0.05, 0) is 51.0 Å². The number of hydrogen-bond acceptors (Lipinski definition) is 4. The summed E-state index contributed by atoms with van der Waals surface area (Å²) in [6.07, 6.45) is 4.14. The average molecular weight is 359 g/mol. The molecule has 2 aromatic rings. The third kappa shape index (κ3) is 4.89. The zero-order valence-electron chi connectivity index (χ0n) is 15.1. The SMILES string of the molecule is Cc1ccc([C@H](CC(=O)Nc2nccs2)[C@H]2CCOC(C)(C)C2)cc1. The Morgan fingerprint density at radius 3 is 2.80 bits per heavy atom. The first kappa shape index (κ1) is 18.1. The van der Waals surface area contributed by atoms with Crippen molar-refractivity contribution >= 4 is 22.4 Å². The van der Waals surface area contributed by atoms with Crippen LogP contribution in [0.15, 0.2) is 35.8 Å². The number of nitrogens with zero attached hydrogens (tertiary/aromatic N) is 1. The van der Waals surface area contributed by atoms with Gasteiger partial charge in [-0.25, -0.2) is 4.98 Å². The van der Waals surface area contributed by atoms with Crippen LogP contribution >= 0.6 is 11.3 Å². The molecule has 4 nitrogen and oxygen atoms in total. The topological polar surface area (TPSA) is 51.2 Å². The second-order valence-corrected chi connectivity index (χ2v) is 8.36. The maximum Gasteiger partial charge on any atom is 0.226 e. The number of aromatic nitrogens is 1. The first-order valence-corrected chi connectivity index (χ1v) is 9.71. The van der Waals surface area contributed by atoms with Crippen molar-refractivity contribution in [3.8, 4) is 0 Å². The van der Waals surface area contributed by atoms with Gasteiger partial charge in [0.25, 0.3) is 0 Å². The molecule has 0 saturated carbocycles. The molecule has 2 atom stereocenters. The Labute approximate surface area is 153 Å². The number of rotatable bonds is 5. The van der Waals surface area contributed by atoms with E-state index in [-0.39, 0.29) is 17.4 Å². The van der Waals surface area contributed by atoms with Crippen LogP contribution in [0.1, 0.15) is 50.2 Å². The zero-order chi connectivity index (χ0) is 17.9. The van der Waals surface area contributed by atoms with Crippen LogP contribution in [0.3, 0.4) is 0 Å². The van der Waals surface area contributed by atoms with E-state index in [2.05, 4.69) is 55.3 Å². The van der Waals surface area contributed by atoms with E-state index in [1.165, 1.54) is 22.5 Å². The maximum atomic E-state index is 12.6. The number of amides is 1. The molecular weight excluding hydrogens is 332 g/mol. The molecule has 1 amide bonds. The largest absolute Gasteiger partial charge is 0.376 e. The van der Waals surface area contributed by atoms with Crippen molar-refractivity contribution in [2.45, 2.75) is 51.6 Å². The predicted molar refractivity (Wildman–Crippen MR) is 102 cm³/mol. The molecule has 5 heteroatoms. The molecule has 1 fully saturated rings. The number of anilines is 1. The molecular formula is C20H26N2O2S. The average Bonchev–Trinajstić information content (AvgIpc) is 3.05. The quantitative estimate of drug-likeness (QED) is 0.837. The number of aryl methyl sites for hydroxylation is 1. The highest BCUT2D eigenvalue weighted by atomic mass is 32.1. The van der Waals surface area contributed by atoms with Crippen LogP contribution in [0, 0.1) is 12.8 Å². The van der Waals surface area contributed by atoms with Crippen molar-refractivity contribution in [1.29, 1.82) is 0 Å². The number of carbonyl (C=O) groups is 1. The zero-order valence-corrected chi connectivity index (χ0v) is 15.9. The minimum Gasteiger partial charge on any atom is -0.376 e. The number of nitrogens with one attached hydrogen (secondary N) is 1. The van der Waals surface area contributed by atoms with Gasteiger partial charge in [0, 0.05) is 24.6 Å². The molecule has 1 aliphatic heterocycles. The molecule has 3 rings (SSSR count). The molecule has 0 bridgehead atoms. The lowest BCUT2D eigenvalue weighted by atomic mass is 9.75. The normalized spacial score (nSPS) is 20.8. The van der Waals surface area contributed by atoms with E-state index >= 15 is 0 Å². The Kier molecular flexibility index (Phi) is 5.54. The number of thiazole rings is 1. The van der Waals surface area contributed by atoms with E-state index < -0.39 is 0 Å². The molecule has 0 unspecified atom stereocenters. The highest BCUT2D eigenvalue weighted by molar-refractivity contribution is 7.13. The summed E-state index contributed by atoms with van der Waals surface area (Å²) in [7, 11) is 0. The Morgan fingerprint density at radius 1 is 1.40 bits per heavy atom. The first-order chi connectivity index (χ1) is 11.9. The van der Waals surface area contributed by atoms with Gasteiger partial charge in [0.2, 0.25) is 5.91 Å². The second kappa shape index (κ2) is 7.67. The Bertz CT molecular complexity index is 695. The molecule has 1 N–H and O–H groups in total. The van der Waals surface area contributed by atoms with Gasteiger partial charge < -0.3 is 10.1 Å². The van der Waals surface area contributed by atoms with E-state index in [9.17, 15) is 4.79 Å². The van der Waals surface area contributed by atoms with Crippen LogP contribution in [0.2, 0.25) is 0 Å². The lowest BCUT2D eigenvalue weighted by molar-refractivity contribution is -0.118. The van der Waals surface area contributed by atoms with Crippen molar-refractivity contribution in [1.82, 2.24) is 4.98 Å². The second-order valence-electron chi connectivity index (χ2n) is 7.47. The summed E-state index contributed by atoms with van der Waals surface area (Å²) in [6.45, 7) is 7.13. The lowest BCUT2D eigenvalue weighted by Gasteiger charge is -2.39. The van der Waals surface area contributed by atoms with Gasteiger partial charge in [0.05, 0.1) is 5.60 Å². The third-order valence-corrected chi connectivity index (χ3v) is 5.58. The van der Waals surface area contributed by atoms with Crippen molar-refractivity contribution < 1.29 is 9.53 Å². The summed E-state index contributed by atoms with van der Waals surface area (Å²) in [4.78, 5) is 16.7. The third-order valence-electron chi connectivity index (χ3n) is 4.89. The van der Waals surface area contributed by atoms with Gasteiger partial charge in [0.15, 0.2) is 5.13 Å². The highest BCUT2D eigenvalue weighted by Gasteiger charge is 2.35. The maximum absolute atomic E-state index is 12.6. The van der Waals surface area contributed by atoms with Crippen molar-refractivity contribution in [2.75, 3.05) is 11.9 Å². The van der Waals surface area contributed by atoms with Gasteiger partial charge in [-0.1, -0.05) is 29.8 Å². The minimum absolute atomic E-state index is 0.0322. The van der Waals surface area contributed by atoms with Gasteiger partial charge in [0.1, 0.15) is 0 Å². The van der Waals surface area contributed by atoms with E-state index in [4.69, 9.17) is 4.74 Å². The summed E-state index contributed by atoms with van der Waals surface area (Å²) in [5, 5.41) is 5.47. The Balaban J connectivity index is 1.78. The highest BCUT2D eigenvalue weighted by Crippen LogP contribution is 2.40. The van der Waals surface area contributed by atoms with Crippen LogP contribution in [-0.2, 0) is 9.53 Å². The van der Waals surface area contributed by atoms with Crippen LogP contribution in [0.4, 0.5) is 5.13 Å². The van der Waals surface area contributed by atoms with Crippen LogP contribution in [0.5, 0.6) is 0 Å². The molecule has 134 valence electrons. The van der Waals surface area contributed by atoms with E-state index in [1.54, 1.807) is 6.20 Å². The fourth-order valence-electron chi connectivity index (χ4n) is 3.65. The van der Waals surface area contributed by atoms with E-state index in [1.807, 2.05) is 5.38 Å². The summed E-state index contributed by atoms with van der Waals surface area (Å²) >= 11 is 1.45. The van der Waals surface area contributed by atoms with Crippen molar-refractivity contribution in [3.05, 3.63) is 47.0 Å². The monoisotopic (exact) mass is 358 g/mol. The van der Waals surface area contributed by atoms with E-state index in [0.717, 1.165) is 19.4 Å². The first-order valence-electron chi connectivity index (χ1n) is 8.83. The standard InChI is InChI=1S/C20H26N2O2S/c1-14-4-6-15(7-5-14)17(16-8-10-24-20(2,3)13-16)12-18(23)22-19-21-9-11-25-19/h4-7,9,11,16-17H,8,10,12-13H2,1-3H3,(H,21,22,23)/t16-,17-/m0/s1. The molecule has 1 aromatic carbocycles. The predicted octanol–water partition coefficient (Wildman–Crippen LogP) is 4.77. The molecule has 0 radical (unpaired) electrons. The van der Waals surface area contributed by atoms with Gasteiger partial charge in [-0.15, -0.1) is 11.3 Å². The molecule has 1 aromatic heterocycles. The van der Waals surface area contributed by atoms with Gasteiger partial charge >= 0.3 is 0 Å². The molecule has 1 saturated heterocycles. The molecule has 25 heavy (non-hydrogen) atoms. The minimum atomic E-state index is -0.127. The summed E-state index contributed by atoms with van der Waals surface area (Å²) < 4.78 is 5.88. The molecule has 0 spiro atoms. The van der Waals surface area contributed by atoms with Crippen molar-refractivity contribution in [2.24, 2.45) is 5.92 Å². The molecule has 2 heterocycles.